The fraction of sp³-hybridized carbons (Fsp3) is 0.364. The minimum Gasteiger partial charge on any atom is -0.493 e. The molecule has 2 aromatic rings. The van der Waals surface area contributed by atoms with Crippen molar-refractivity contribution in [1.29, 1.82) is 0 Å². The van der Waals surface area contributed by atoms with E-state index in [1.807, 2.05) is 0 Å². The summed E-state index contributed by atoms with van der Waals surface area (Å²) in [5.41, 5.74) is -0.383. The maximum atomic E-state index is 12.9. The van der Waals surface area contributed by atoms with Crippen molar-refractivity contribution in [3.63, 3.8) is 0 Å². The van der Waals surface area contributed by atoms with Crippen molar-refractivity contribution in [2.75, 3.05) is 39.3 Å². The second-order valence-corrected chi connectivity index (χ2v) is 7.09. The van der Waals surface area contributed by atoms with E-state index in [1.54, 1.807) is 0 Å². The standard InChI is InChI=1S/C22H24F3N3O7/c1-4-27(21(30)22(23,24)25)13-14-6-5-7-15(10-14)26-20(29)16-11-18(34-3)19(35-9-8-33-2)12-17(16)28(31)32/h5-7,10-12H,4,8-9,13H2,1-3H3,(H,26,29). The Balaban J connectivity index is 2.29. The highest BCUT2D eigenvalue weighted by atomic mass is 19.4. The van der Waals surface area contributed by atoms with Crippen molar-refractivity contribution in [2.45, 2.75) is 19.6 Å². The van der Waals surface area contributed by atoms with Crippen LogP contribution in [0.25, 0.3) is 0 Å². The molecule has 0 saturated heterocycles. The quantitative estimate of drug-likeness (QED) is 0.284. The van der Waals surface area contributed by atoms with Crippen LogP contribution in [0.2, 0.25) is 0 Å². The molecule has 0 saturated carbocycles. The average Bonchev–Trinajstić information content (AvgIpc) is 2.81. The molecule has 13 heteroatoms. The number of ether oxygens (including phenoxy) is 3. The van der Waals surface area contributed by atoms with Crippen molar-refractivity contribution in [3.8, 4) is 11.5 Å². The SMILES string of the molecule is CCN(Cc1cccc(NC(=O)c2cc(OC)c(OCCOC)cc2[N+](=O)[O-])c1)C(=O)C(F)(F)F. The first-order chi connectivity index (χ1) is 16.5. The van der Waals surface area contributed by atoms with Crippen molar-refractivity contribution in [1.82, 2.24) is 4.90 Å². The van der Waals surface area contributed by atoms with E-state index in [4.69, 9.17) is 14.2 Å². The molecule has 0 bridgehead atoms. The summed E-state index contributed by atoms with van der Waals surface area (Å²) >= 11 is 0. The molecule has 0 radical (unpaired) electrons. The number of hydrogen-bond donors (Lipinski definition) is 1. The highest BCUT2D eigenvalue weighted by Crippen LogP contribution is 2.35. The first kappa shape index (κ1) is 27.4. The van der Waals surface area contributed by atoms with E-state index in [-0.39, 0.29) is 49.1 Å². The lowest BCUT2D eigenvalue weighted by Crippen LogP contribution is -2.40. The lowest BCUT2D eigenvalue weighted by molar-refractivity contribution is -0.385. The van der Waals surface area contributed by atoms with E-state index in [0.717, 1.165) is 12.1 Å². The molecule has 1 N–H and O–H groups in total. The third kappa shape index (κ3) is 7.30. The number of methoxy groups -OCH3 is 2. The van der Waals surface area contributed by atoms with Crippen molar-refractivity contribution in [3.05, 3.63) is 57.6 Å². The minimum atomic E-state index is -5.01. The van der Waals surface area contributed by atoms with Gasteiger partial charge in [0, 0.05) is 32.0 Å². The molecule has 35 heavy (non-hydrogen) atoms. The Bertz CT molecular complexity index is 1080. The molecule has 0 fully saturated rings. The van der Waals surface area contributed by atoms with Gasteiger partial charge in [0.15, 0.2) is 11.5 Å². The zero-order valence-electron chi connectivity index (χ0n) is 19.2. The van der Waals surface area contributed by atoms with Crippen LogP contribution in [-0.4, -0.2) is 61.8 Å². The molecular weight excluding hydrogens is 475 g/mol. The molecule has 2 amide bonds. The summed E-state index contributed by atoms with van der Waals surface area (Å²) in [6.07, 6.45) is -5.01. The summed E-state index contributed by atoms with van der Waals surface area (Å²) in [4.78, 5) is 35.9. The van der Waals surface area contributed by atoms with Crippen LogP contribution in [-0.2, 0) is 16.1 Å². The molecular formula is C22H24F3N3O7. The molecule has 0 aliphatic heterocycles. The number of rotatable bonds is 11. The van der Waals surface area contributed by atoms with Crippen molar-refractivity contribution in [2.24, 2.45) is 0 Å². The van der Waals surface area contributed by atoms with Crippen LogP contribution in [0.15, 0.2) is 36.4 Å². The van der Waals surface area contributed by atoms with Gasteiger partial charge in [0.2, 0.25) is 0 Å². The number of anilines is 1. The first-order valence-corrected chi connectivity index (χ1v) is 10.3. The van der Waals surface area contributed by atoms with Gasteiger partial charge in [-0.3, -0.25) is 19.7 Å². The number of carbonyl (C=O) groups excluding carboxylic acids is 2. The number of benzene rings is 2. The predicted molar refractivity (Wildman–Crippen MR) is 119 cm³/mol. The molecule has 0 heterocycles. The molecule has 2 aromatic carbocycles. The zero-order chi connectivity index (χ0) is 26.2. The van der Waals surface area contributed by atoms with E-state index < -0.39 is 28.6 Å². The van der Waals surface area contributed by atoms with Crippen molar-refractivity contribution >= 4 is 23.2 Å². The molecule has 0 atom stereocenters. The van der Waals surface area contributed by atoms with Crippen molar-refractivity contribution < 1.29 is 41.9 Å². The number of hydrogen-bond acceptors (Lipinski definition) is 7. The number of nitro benzene ring substituents is 1. The molecule has 0 aliphatic carbocycles. The van der Waals surface area contributed by atoms with Crippen LogP contribution < -0.4 is 14.8 Å². The van der Waals surface area contributed by atoms with E-state index in [0.29, 0.717) is 10.5 Å². The van der Waals surface area contributed by atoms with E-state index in [2.05, 4.69) is 5.32 Å². The molecule has 2 rings (SSSR count). The molecule has 0 aliphatic rings. The third-order valence-electron chi connectivity index (χ3n) is 4.74. The summed E-state index contributed by atoms with van der Waals surface area (Å²) in [5, 5.41) is 14.1. The van der Waals surface area contributed by atoms with Gasteiger partial charge in [-0.2, -0.15) is 13.2 Å². The number of nitro groups is 1. The van der Waals surface area contributed by atoms with Gasteiger partial charge in [-0.1, -0.05) is 12.1 Å². The second kappa shape index (κ2) is 12.0. The fourth-order valence-corrected chi connectivity index (χ4v) is 3.06. The molecule has 0 unspecified atom stereocenters. The Kier molecular flexibility index (Phi) is 9.40. The predicted octanol–water partition coefficient (Wildman–Crippen LogP) is 3.79. The van der Waals surface area contributed by atoms with Gasteiger partial charge < -0.3 is 24.4 Å². The summed E-state index contributed by atoms with van der Waals surface area (Å²) in [6, 6.07) is 7.99. The Labute approximate surface area is 198 Å². The summed E-state index contributed by atoms with van der Waals surface area (Å²) in [5.74, 6) is -2.71. The number of nitrogens with zero attached hydrogens (tertiary/aromatic N) is 2. The number of halogens is 3. The van der Waals surface area contributed by atoms with Gasteiger partial charge in [-0.25, -0.2) is 0 Å². The van der Waals surface area contributed by atoms with Gasteiger partial charge in [0.05, 0.1) is 24.7 Å². The highest BCUT2D eigenvalue weighted by molar-refractivity contribution is 6.07. The van der Waals surface area contributed by atoms with Gasteiger partial charge in [0.1, 0.15) is 12.2 Å². The Morgan fingerprint density at radius 3 is 2.40 bits per heavy atom. The summed E-state index contributed by atoms with van der Waals surface area (Å²) < 4.78 is 53.8. The lowest BCUT2D eigenvalue weighted by Gasteiger charge is -2.22. The van der Waals surface area contributed by atoms with Crippen LogP contribution in [0.1, 0.15) is 22.8 Å². The van der Waals surface area contributed by atoms with Crippen LogP contribution >= 0.6 is 0 Å². The topological polar surface area (TPSA) is 120 Å². The molecule has 0 aromatic heterocycles. The second-order valence-electron chi connectivity index (χ2n) is 7.09. The Morgan fingerprint density at radius 2 is 1.83 bits per heavy atom. The number of carbonyl (C=O) groups is 2. The maximum absolute atomic E-state index is 12.9. The van der Waals surface area contributed by atoms with Gasteiger partial charge in [-0.05, 0) is 24.6 Å². The first-order valence-electron chi connectivity index (χ1n) is 10.3. The maximum Gasteiger partial charge on any atom is 0.471 e. The number of amides is 2. The van der Waals surface area contributed by atoms with E-state index >= 15 is 0 Å². The normalized spacial score (nSPS) is 11.0. The Morgan fingerprint density at radius 1 is 1.11 bits per heavy atom. The van der Waals surface area contributed by atoms with Crippen LogP contribution in [0.5, 0.6) is 11.5 Å². The third-order valence-corrected chi connectivity index (χ3v) is 4.74. The lowest BCUT2D eigenvalue weighted by atomic mass is 10.1. The minimum absolute atomic E-state index is 0.0452. The van der Waals surface area contributed by atoms with Crippen LogP contribution in [0.4, 0.5) is 24.5 Å². The van der Waals surface area contributed by atoms with Crippen LogP contribution in [0, 0.1) is 10.1 Å². The van der Waals surface area contributed by atoms with Gasteiger partial charge in [-0.15, -0.1) is 0 Å². The summed E-state index contributed by atoms with van der Waals surface area (Å²) in [7, 11) is 2.76. The fourth-order valence-electron chi connectivity index (χ4n) is 3.06. The largest absolute Gasteiger partial charge is 0.493 e. The number of nitrogens with one attached hydrogen (secondary N) is 1. The molecule has 0 spiro atoms. The smallest absolute Gasteiger partial charge is 0.471 e. The average molecular weight is 499 g/mol. The van der Waals surface area contributed by atoms with Gasteiger partial charge in [0.25, 0.3) is 11.6 Å². The summed E-state index contributed by atoms with van der Waals surface area (Å²) in [6.45, 7) is 1.19. The number of alkyl halides is 3. The van der Waals surface area contributed by atoms with Crippen LogP contribution in [0.3, 0.4) is 0 Å². The molecule has 190 valence electrons. The van der Waals surface area contributed by atoms with E-state index in [1.165, 1.54) is 45.4 Å². The monoisotopic (exact) mass is 499 g/mol. The molecule has 10 nitrogen and oxygen atoms in total. The highest BCUT2D eigenvalue weighted by Gasteiger charge is 2.41. The Hall–Kier alpha value is -3.87. The zero-order valence-corrected chi connectivity index (χ0v) is 19.2. The van der Waals surface area contributed by atoms with E-state index in [9.17, 15) is 32.9 Å². The van der Waals surface area contributed by atoms with Gasteiger partial charge >= 0.3 is 12.1 Å².